The average Bonchev–Trinajstić information content (AvgIpc) is 2.48. The van der Waals surface area contributed by atoms with E-state index in [1.54, 1.807) is 6.07 Å². The van der Waals surface area contributed by atoms with Crippen LogP contribution >= 0.6 is 11.6 Å². The lowest BCUT2D eigenvalue weighted by molar-refractivity contribution is 0.0152. The maximum atomic E-state index is 12.8. The minimum absolute atomic E-state index is 0.0353. The summed E-state index contributed by atoms with van der Waals surface area (Å²) in [5.41, 5.74) is 6.15. The molecule has 2 unspecified atom stereocenters. The first-order valence-corrected chi connectivity index (χ1v) is 7.90. The van der Waals surface area contributed by atoms with Gasteiger partial charge < -0.3 is 10.6 Å². The van der Waals surface area contributed by atoms with Crippen LogP contribution in [0.25, 0.3) is 0 Å². The van der Waals surface area contributed by atoms with Gasteiger partial charge in [0.25, 0.3) is 5.91 Å². The minimum Gasteiger partial charge on any atom is -0.384 e. The Morgan fingerprint density at radius 3 is 3.05 bits per heavy atom. The molecule has 1 amide bonds. The molecule has 2 atom stereocenters. The lowest BCUT2D eigenvalue weighted by Crippen LogP contribution is -2.60. The van der Waals surface area contributed by atoms with Crippen molar-refractivity contribution in [2.45, 2.75) is 38.3 Å². The zero-order valence-electron chi connectivity index (χ0n) is 12.3. The number of piperidine rings is 1. The summed E-state index contributed by atoms with van der Waals surface area (Å²) >= 11 is 6.12. The maximum Gasteiger partial charge on any atom is 0.255 e. The number of fused-ring (bicyclic) bond motifs is 1. The van der Waals surface area contributed by atoms with Gasteiger partial charge in [0, 0.05) is 31.4 Å². The molecule has 1 aromatic rings. The number of halogens is 1. The van der Waals surface area contributed by atoms with Crippen molar-refractivity contribution < 1.29 is 4.79 Å². The summed E-state index contributed by atoms with van der Waals surface area (Å²) in [6.45, 7) is 4.97. The molecule has 2 aliphatic rings. The third-order valence-electron chi connectivity index (χ3n) is 4.56. The average molecular weight is 309 g/mol. The molecule has 0 aliphatic carbocycles. The van der Waals surface area contributed by atoms with Crippen molar-refractivity contribution in [2.75, 3.05) is 25.4 Å². The first kappa shape index (κ1) is 14.6. The molecular formula is C15H21ClN4O. The number of carbonyl (C=O) groups is 1. The van der Waals surface area contributed by atoms with E-state index in [4.69, 9.17) is 17.3 Å². The monoisotopic (exact) mass is 308 g/mol. The molecule has 3 heterocycles. The molecule has 2 N–H and O–H groups in total. The normalized spacial score (nSPS) is 26.5. The van der Waals surface area contributed by atoms with E-state index in [9.17, 15) is 4.79 Å². The summed E-state index contributed by atoms with van der Waals surface area (Å²) in [7, 11) is 0. The van der Waals surface area contributed by atoms with E-state index >= 15 is 0 Å². The van der Waals surface area contributed by atoms with Crippen LogP contribution in [0.4, 0.5) is 5.82 Å². The van der Waals surface area contributed by atoms with Crippen LogP contribution < -0.4 is 5.73 Å². The number of piperazine rings is 1. The second-order valence-electron chi connectivity index (χ2n) is 6.04. The van der Waals surface area contributed by atoms with Crippen LogP contribution in [0.3, 0.4) is 0 Å². The van der Waals surface area contributed by atoms with E-state index in [0.717, 1.165) is 19.6 Å². The molecule has 2 saturated heterocycles. The Morgan fingerprint density at radius 1 is 1.43 bits per heavy atom. The van der Waals surface area contributed by atoms with E-state index in [2.05, 4.69) is 16.8 Å². The number of hydrogen-bond acceptors (Lipinski definition) is 4. The first-order valence-electron chi connectivity index (χ1n) is 7.52. The number of hydrogen-bond donors (Lipinski definition) is 1. The smallest absolute Gasteiger partial charge is 0.255 e. The summed E-state index contributed by atoms with van der Waals surface area (Å²) in [6, 6.07) is 2.25. The van der Waals surface area contributed by atoms with Crippen molar-refractivity contribution in [1.29, 1.82) is 0 Å². The molecule has 114 valence electrons. The standard InChI is InChI=1S/C15H21ClN4O/c1-10-8-19-5-3-2-4-11(19)9-20(10)15(21)12-6-14(17)18-7-13(12)16/h6-7,10-11H,2-5,8-9H2,1H3,(H2,17,18). The summed E-state index contributed by atoms with van der Waals surface area (Å²) in [5, 5.41) is 0.368. The second-order valence-corrected chi connectivity index (χ2v) is 6.45. The predicted molar refractivity (Wildman–Crippen MR) is 83.4 cm³/mol. The highest BCUT2D eigenvalue weighted by Gasteiger charge is 2.36. The Kier molecular flexibility index (Phi) is 4.04. The van der Waals surface area contributed by atoms with Crippen molar-refractivity contribution in [1.82, 2.24) is 14.8 Å². The van der Waals surface area contributed by atoms with Crippen LogP contribution in [-0.2, 0) is 0 Å². The number of aromatic nitrogens is 1. The Hall–Kier alpha value is -1.33. The van der Waals surface area contributed by atoms with Gasteiger partial charge in [-0.2, -0.15) is 0 Å². The van der Waals surface area contributed by atoms with E-state index in [1.807, 2.05) is 4.90 Å². The molecule has 0 bridgehead atoms. The van der Waals surface area contributed by atoms with Crippen LogP contribution in [0.15, 0.2) is 12.3 Å². The highest BCUT2D eigenvalue weighted by Crippen LogP contribution is 2.27. The van der Waals surface area contributed by atoms with Gasteiger partial charge in [-0.1, -0.05) is 18.0 Å². The van der Waals surface area contributed by atoms with Crippen LogP contribution in [0.5, 0.6) is 0 Å². The number of nitrogens with zero attached hydrogens (tertiary/aromatic N) is 3. The molecule has 21 heavy (non-hydrogen) atoms. The molecule has 3 rings (SSSR count). The SMILES string of the molecule is CC1CN2CCCCC2CN1C(=O)c1cc(N)ncc1Cl. The van der Waals surface area contributed by atoms with Crippen LogP contribution in [0.2, 0.25) is 5.02 Å². The fourth-order valence-corrected chi connectivity index (χ4v) is 3.59. The number of nitrogens with two attached hydrogens (primary N) is 1. The lowest BCUT2D eigenvalue weighted by atomic mass is 9.96. The third-order valence-corrected chi connectivity index (χ3v) is 4.86. The van der Waals surface area contributed by atoms with E-state index in [-0.39, 0.29) is 11.9 Å². The van der Waals surface area contributed by atoms with E-state index < -0.39 is 0 Å². The summed E-state index contributed by atoms with van der Waals surface area (Å²) in [6.07, 6.45) is 5.14. The van der Waals surface area contributed by atoms with Gasteiger partial charge in [-0.15, -0.1) is 0 Å². The van der Waals surface area contributed by atoms with Crippen molar-refractivity contribution in [3.8, 4) is 0 Å². The molecule has 6 heteroatoms. The van der Waals surface area contributed by atoms with Crippen LogP contribution in [-0.4, -0.2) is 52.4 Å². The molecule has 2 fully saturated rings. The van der Waals surface area contributed by atoms with Crippen molar-refractivity contribution in [2.24, 2.45) is 0 Å². The summed E-state index contributed by atoms with van der Waals surface area (Å²) < 4.78 is 0. The predicted octanol–water partition coefficient (Wildman–Crippen LogP) is 2.02. The Morgan fingerprint density at radius 2 is 2.24 bits per heavy atom. The fraction of sp³-hybridized carbons (Fsp3) is 0.600. The molecule has 0 aromatic carbocycles. The van der Waals surface area contributed by atoms with Gasteiger partial charge >= 0.3 is 0 Å². The topological polar surface area (TPSA) is 62.5 Å². The quantitative estimate of drug-likeness (QED) is 0.862. The number of amides is 1. The zero-order chi connectivity index (χ0) is 15.0. The van der Waals surface area contributed by atoms with Crippen molar-refractivity contribution in [3.05, 3.63) is 22.8 Å². The van der Waals surface area contributed by atoms with Gasteiger partial charge in [-0.3, -0.25) is 9.69 Å². The lowest BCUT2D eigenvalue weighted by Gasteiger charge is -2.47. The summed E-state index contributed by atoms with van der Waals surface area (Å²) in [5.74, 6) is 0.290. The first-order chi connectivity index (χ1) is 10.1. The highest BCUT2D eigenvalue weighted by molar-refractivity contribution is 6.33. The number of carbonyl (C=O) groups excluding carboxylic acids is 1. The van der Waals surface area contributed by atoms with Gasteiger partial charge in [0.1, 0.15) is 5.82 Å². The number of pyridine rings is 1. The Balaban J connectivity index is 1.82. The van der Waals surface area contributed by atoms with Crippen molar-refractivity contribution in [3.63, 3.8) is 0 Å². The third kappa shape index (κ3) is 2.85. The number of anilines is 1. The van der Waals surface area contributed by atoms with Gasteiger partial charge in [0.05, 0.1) is 10.6 Å². The molecule has 0 spiro atoms. The van der Waals surface area contributed by atoms with Crippen LogP contribution in [0, 0.1) is 0 Å². The molecule has 2 aliphatic heterocycles. The number of rotatable bonds is 1. The Bertz CT molecular complexity index is 550. The van der Waals surface area contributed by atoms with Gasteiger partial charge in [-0.25, -0.2) is 4.98 Å². The molecule has 5 nitrogen and oxygen atoms in total. The Labute approximate surface area is 130 Å². The molecule has 1 aromatic heterocycles. The fourth-order valence-electron chi connectivity index (χ4n) is 3.41. The molecule has 0 radical (unpaired) electrons. The van der Waals surface area contributed by atoms with E-state index in [1.165, 1.54) is 25.5 Å². The molecular weight excluding hydrogens is 288 g/mol. The number of nitrogen functional groups attached to an aromatic ring is 1. The largest absolute Gasteiger partial charge is 0.384 e. The van der Waals surface area contributed by atoms with E-state index in [0.29, 0.717) is 22.4 Å². The van der Waals surface area contributed by atoms with Gasteiger partial charge in [0.15, 0.2) is 0 Å². The van der Waals surface area contributed by atoms with Crippen molar-refractivity contribution >= 4 is 23.3 Å². The highest BCUT2D eigenvalue weighted by atomic mass is 35.5. The summed E-state index contributed by atoms with van der Waals surface area (Å²) in [4.78, 5) is 21.2. The van der Waals surface area contributed by atoms with Gasteiger partial charge in [0.2, 0.25) is 0 Å². The van der Waals surface area contributed by atoms with Crippen LogP contribution in [0.1, 0.15) is 36.5 Å². The molecule has 0 saturated carbocycles. The zero-order valence-corrected chi connectivity index (χ0v) is 13.0. The second kappa shape index (κ2) is 5.81. The minimum atomic E-state index is -0.0353. The van der Waals surface area contributed by atoms with Gasteiger partial charge in [-0.05, 0) is 32.4 Å². The maximum absolute atomic E-state index is 12.8.